The van der Waals surface area contributed by atoms with Gasteiger partial charge in [-0.2, -0.15) is 0 Å². The minimum Gasteiger partial charge on any atom is -0.328 e. The van der Waals surface area contributed by atoms with E-state index in [-0.39, 0.29) is 0 Å². The van der Waals surface area contributed by atoms with Crippen LogP contribution in [0, 0.1) is 5.92 Å². The summed E-state index contributed by atoms with van der Waals surface area (Å²) in [5.41, 5.74) is 8.10. The van der Waals surface area contributed by atoms with Gasteiger partial charge in [-0.3, -0.25) is 0 Å². The monoisotopic (exact) mass is 261 g/mol. The van der Waals surface area contributed by atoms with Crippen LogP contribution in [0.5, 0.6) is 0 Å². The molecular formula is C14H16ClN3. The Morgan fingerprint density at radius 3 is 2.94 bits per heavy atom. The van der Waals surface area contributed by atoms with Crippen LogP contribution >= 0.6 is 11.6 Å². The fraction of sp³-hybridized carbons (Fsp3) is 0.357. The van der Waals surface area contributed by atoms with E-state index in [1.54, 1.807) is 0 Å². The highest BCUT2D eigenvalue weighted by Gasteiger charge is 2.32. The predicted octanol–water partition coefficient (Wildman–Crippen LogP) is 3.11. The van der Waals surface area contributed by atoms with Crippen LogP contribution in [-0.2, 0) is 0 Å². The highest BCUT2D eigenvalue weighted by Crippen LogP contribution is 2.40. The van der Waals surface area contributed by atoms with Gasteiger partial charge in [-0.15, -0.1) is 0 Å². The molecule has 0 radical (unpaired) electrons. The number of hydrogen-bond donors (Lipinski definition) is 1. The van der Waals surface area contributed by atoms with Crippen molar-refractivity contribution in [3.05, 3.63) is 41.8 Å². The minimum atomic E-state index is 0.362. The molecule has 1 aliphatic carbocycles. The summed E-state index contributed by atoms with van der Waals surface area (Å²) in [5, 5.41) is 0.746. The molecule has 1 unspecified atom stereocenters. The molecule has 0 aliphatic heterocycles. The molecule has 1 saturated carbocycles. The maximum absolute atomic E-state index is 6.05. The van der Waals surface area contributed by atoms with Gasteiger partial charge in [-0.05, 0) is 30.9 Å². The summed E-state index contributed by atoms with van der Waals surface area (Å²) in [5.74, 6) is 0.710. The second kappa shape index (κ2) is 4.75. The Morgan fingerprint density at radius 2 is 2.28 bits per heavy atom. The summed E-state index contributed by atoms with van der Waals surface area (Å²) in [6.07, 6.45) is 6.31. The van der Waals surface area contributed by atoms with Crippen LogP contribution in [0.3, 0.4) is 0 Å². The van der Waals surface area contributed by atoms with E-state index in [0.29, 0.717) is 18.5 Å². The van der Waals surface area contributed by atoms with E-state index < -0.39 is 0 Å². The zero-order chi connectivity index (χ0) is 12.5. The molecule has 1 fully saturated rings. The van der Waals surface area contributed by atoms with Crippen LogP contribution in [0.15, 0.2) is 36.8 Å². The fourth-order valence-electron chi connectivity index (χ4n) is 2.45. The van der Waals surface area contributed by atoms with E-state index in [1.165, 1.54) is 12.8 Å². The van der Waals surface area contributed by atoms with Crippen LogP contribution < -0.4 is 5.73 Å². The highest BCUT2D eigenvalue weighted by atomic mass is 35.5. The molecule has 0 spiro atoms. The van der Waals surface area contributed by atoms with E-state index in [2.05, 4.69) is 15.6 Å². The first-order chi connectivity index (χ1) is 8.79. The molecule has 1 aromatic heterocycles. The van der Waals surface area contributed by atoms with Gasteiger partial charge in [0.25, 0.3) is 0 Å². The molecule has 3 nitrogen and oxygen atoms in total. The van der Waals surface area contributed by atoms with Gasteiger partial charge < -0.3 is 10.3 Å². The Balaban J connectivity index is 2.00. The number of halogens is 1. The SMILES string of the molecule is NCC(C1CC1)n1cncc1-c1cccc(Cl)c1. The third-order valence-electron chi connectivity index (χ3n) is 3.55. The van der Waals surface area contributed by atoms with Crippen molar-refractivity contribution in [2.24, 2.45) is 11.7 Å². The van der Waals surface area contributed by atoms with Crippen molar-refractivity contribution in [1.82, 2.24) is 9.55 Å². The molecular weight excluding hydrogens is 246 g/mol. The van der Waals surface area contributed by atoms with Gasteiger partial charge in [0, 0.05) is 17.1 Å². The summed E-state index contributed by atoms with van der Waals surface area (Å²) >= 11 is 6.05. The minimum absolute atomic E-state index is 0.362. The first-order valence-electron chi connectivity index (χ1n) is 6.27. The predicted molar refractivity (Wildman–Crippen MR) is 73.5 cm³/mol. The zero-order valence-corrected chi connectivity index (χ0v) is 10.8. The standard InChI is InChI=1S/C14H16ClN3/c15-12-3-1-2-11(6-12)14-8-17-9-18(14)13(7-16)10-4-5-10/h1-3,6,8-10,13H,4-5,7,16H2. The maximum Gasteiger partial charge on any atom is 0.0954 e. The van der Waals surface area contributed by atoms with Crippen LogP contribution in [-0.4, -0.2) is 16.1 Å². The molecule has 2 aromatic rings. The summed E-state index contributed by atoms with van der Waals surface area (Å²) in [4.78, 5) is 4.27. The second-order valence-corrected chi connectivity index (χ2v) is 5.27. The average Bonchev–Trinajstić information content (AvgIpc) is 3.08. The number of benzene rings is 1. The lowest BCUT2D eigenvalue weighted by Gasteiger charge is -2.19. The van der Waals surface area contributed by atoms with Crippen molar-refractivity contribution in [3.8, 4) is 11.3 Å². The maximum atomic E-state index is 6.05. The van der Waals surface area contributed by atoms with E-state index in [0.717, 1.165) is 16.3 Å². The molecule has 1 aromatic carbocycles. The number of imidazole rings is 1. The molecule has 0 bridgehead atoms. The topological polar surface area (TPSA) is 43.8 Å². The molecule has 0 amide bonds. The van der Waals surface area contributed by atoms with Crippen molar-refractivity contribution < 1.29 is 0 Å². The van der Waals surface area contributed by atoms with Gasteiger partial charge in [-0.1, -0.05) is 23.7 Å². The van der Waals surface area contributed by atoms with Crippen molar-refractivity contribution in [2.75, 3.05) is 6.54 Å². The largest absolute Gasteiger partial charge is 0.328 e. The first kappa shape index (κ1) is 11.8. The van der Waals surface area contributed by atoms with Gasteiger partial charge in [0.05, 0.1) is 24.3 Å². The number of aromatic nitrogens is 2. The molecule has 2 N–H and O–H groups in total. The lowest BCUT2D eigenvalue weighted by Crippen LogP contribution is -2.21. The van der Waals surface area contributed by atoms with E-state index in [1.807, 2.05) is 30.7 Å². The molecule has 3 rings (SSSR count). The quantitative estimate of drug-likeness (QED) is 0.919. The zero-order valence-electron chi connectivity index (χ0n) is 10.1. The Labute approximate surface area is 112 Å². The van der Waals surface area contributed by atoms with E-state index >= 15 is 0 Å². The molecule has 4 heteroatoms. The normalized spacial score (nSPS) is 16.8. The molecule has 1 heterocycles. The fourth-order valence-corrected chi connectivity index (χ4v) is 2.64. The smallest absolute Gasteiger partial charge is 0.0954 e. The summed E-state index contributed by atoms with van der Waals surface area (Å²) < 4.78 is 2.20. The third kappa shape index (κ3) is 2.16. The van der Waals surface area contributed by atoms with Gasteiger partial charge >= 0.3 is 0 Å². The Hall–Kier alpha value is -1.32. The summed E-state index contributed by atoms with van der Waals surface area (Å²) in [6, 6.07) is 8.23. The molecule has 18 heavy (non-hydrogen) atoms. The molecule has 1 atom stereocenters. The second-order valence-electron chi connectivity index (χ2n) is 4.84. The van der Waals surface area contributed by atoms with Gasteiger partial charge in [0.2, 0.25) is 0 Å². The van der Waals surface area contributed by atoms with Crippen LogP contribution in [0.4, 0.5) is 0 Å². The van der Waals surface area contributed by atoms with Crippen LogP contribution in [0.1, 0.15) is 18.9 Å². The van der Waals surface area contributed by atoms with Crippen molar-refractivity contribution in [2.45, 2.75) is 18.9 Å². The van der Waals surface area contributed by atoms with E-state index in [9.17, 15) is 0 Å². The lowest BCUT2D eigenvalue weighted by atomic mass is 10.1. The number of rotatable bonds is 4. The molecule has 1 aliphatic rings. The van der Waals surface area contributed by atoms with Crippen molar-refractivity contribution in [1.29, 1.82) is 0 Å². The summed E-state index contributed by atoms with van der Waals surface area (Å²) in [7, 11) is 0. The van der Waals surface area contributed by atoms with Gasteiger partial charge in [0.15, 0.2) is 0 Å². The van der Waals surface area contributed by atoms with E-state index in [4.69, 9.17) is 17.3 Å². The highest BCUT2D eigenvalue weighted by molar-refractivity contribution is 6.30. The number of nitrogens with two attached hydrogens (primary N) is 1. The van der Waals surface area contributed by atoms with Crippen molar-refractivity contribution >= 4 is 11.6 Å². The Morgan fingerprint density at radius 1 is 1.44 bits per heavy atom. The van der Waals surface area contributed by atoms with Crippen molar-refractivity contribution in [3.63, 3.8) is 0 Å². The van der Waals surface area contributed by atoms with Crippen LogP contribution in [0.25, 0.3) is 11.3 Å². The first-order valence-corrected chi connectivity index (χ1v) is 6.65. The average molecular weight is 262 g/mol. The van der Waals surface area contributed by atoms with Gasteiger partial charge in [-0.25, -0.2) is 4.98 Å². The molecule has 0 saturated heterocycles. The van der Waals surface area contributed by atoms with Gasteiger partial charge in [0.1, 0.15) is 0 Å². The lowest BCUT2D eigenvalue weighted by molar-refractivity contribution is 0.458. The third-order valence-corrected chi connectivity index (χ3v) is 3.79. The van der Waals surface area contributed by atoms with Crippen LogP contribution in [0.2, 0.25) is 5.02 Å². The Kier molecular flexibility index (Phi) is 3.10. The number of hydrogen-bond acceptors (Lipinski definition) is 2. The summed E-state index contributed by atoms with van der Waals surface area (Å²) in [6.45, 7) is 0.661. The number of nitrogens with zero attached hydrogens (tertiary/aromatic N) is 2. The molecule has 94 valence electrons. The Bertz CT molecular complexity index is 545.